The molecule has 4 rings (SSSR count). The van der Waals surface area contributed by atoms with Crippen molar-refractivity contribution < 1.29 is 35.0 Å². The van der Waals surface area contributed by atoms with Gasteiger partial charge in [-0.25, -0.2) is 4.79 Å². The van der Waals surface area contributed by atoms with Gasteiger partial charge in [-0.2, -0.15) is 11.8 Å². The molecule has 1 aliphatic rings. The Morgan fingerprint density at radius 1 is 0.952 bits per heavy atom. The molecule has 1 fully saturated rings. The number of hydrogen-bond donors (Lipinski definition) is 2. The molecule has 1 atom stereocenters. The molecule has 1 saturated carbocycles. The van der Waals surface area contributed by atoms with E-state index < -0.39 is 12.0 Å². The van der Waals surface area contributed by atoms with E-state index in [2.05, 4.69) is 46.6 Å². The van der Waals surface area contributed by atoms with E-state index >= 15 is 0 Å². The summed E-state index contributed by atoms with van der Waals surface area (Å²) in [7, 11) is 0. The SMILES string of the molecule is CSCC[C@H](NC(=O)c1ccc(CN(CCC2CCCCC2)Cc2ccccc2)cc1-c1ccccc1C)C(=O)O.[H-].[Li+]. The van der Waals surface area contributed by atoms with Gasteiger partial charge in [-0.15, -0.1) is 0 Å². The Morgan fingerprint density at radius 2 is 1.64 bits per heavy atom. The summed E-state index contributed by atoms with van der Waals surface area (Å²) in [6.07, 6.45) is 10.3. The molecule has 0 aromatic heterocycles. The molecule has 2 N–H and O–H groups in total. The number of nitrogens with one attached hydrogen (secondary N) is 1. The number of carboxylic acid groups (broad SMARTS) is 1. The molecular weight excluding hydrogens is 535 g/mol. The molecule has 7 heteroatoms. The maximum Gasteiger partial charge on any atom is 1.00 e. The number of hydrogen-bond acceptors (Lipinski definition) is 4. The molecule has 3 aromatic carbocycles. The standard InChI is InChI=1S/C35H44N2O3S.Li.H/c1-26-11-9-10-16-30(26)32-23-29(17-18-31(32)34(38)36-33(35(39)40)20-22-41-2)25-37(24-28-14-7-4-8-15-28)21-19-27-12-5-3-6-13-27;;/h4,7-11,14-18,23,27,33H,3,5-6,12-13,19-22,24-25H2,1-2H3,(H,36,38)(H,39,40);;/q;+1;-1/t33-;;/m0../s1. The van der Waals surface area contributed by atoms with Crippen LogP contribution in [0.3, 0.4) is 0 Å². The molecule has 3 aromatic rings. The molecule has 0 aliphatic heterocycles. The van der Waals surface area contributed by atoms with Crippen molar-refractivity contribution in [3.63, 3.8) is 0 Å². The smallest absolute Gasteiger partial charge is 1.00 e. The number of benzene rings is 3. The first-order chi connectivity index (χ1) is 19.9. The molecule has 0 heterocycles. The fraction of sp³-hybridized carbons (Fsp3) is 0.429. The topological polar surface area (TPSA) is 69.6 Å². The third kappa shape index (κ3) is 10.1. The third-order valence-corrected chi connectivity index (χ3v) is 8.86. The van der Waals surface area contributed by atoms with Gasteiger partial charge in [0.2, 0.25) is 0 Å². The van der Waals surface area contributed by atoms with Crippen LogP contribution in [0.5, 0.6) is 0 Å². The van der Waals surface area contributed by atoms with E-state index in [1.807, 2.05) is 49.6 Å². The molecule has 1 aliphatic carbocycles. The van der Waals surface area contributed by atoms with Gasteiger partial charge in [-0.1, -0.05) is 92.8 Å². The first-order valence-electron chi connectivity index (χ1n) is 14.9. The summed E-state index contributed by atoms with van der Waals surface area (Å²) in [6.45, 7) is 4.75. The molecule has 0 unspecified atom stereocenters. The van der Waals surface area contributed by atoms with Crippen molar-refractivity contribution in [3.05, 3.63) is 95.1 Å². The molecule has 0 spiro atoms. The van der Waals surface area contributed by atoms with Crippen LogP contribution in [-0.2, 0) is 17.9 Å². The Bertz CT molecular complexity index is 1290. The van der Waals surface area contributed by atoms with E-state index in [9.17, 15) is 14.7 Å². The zero-order chi connectivity index (χ0) is 29.0. The Labute approximate surface area is 269 Å². The number of carbonyl (C=O) groups excluding carboxylic acids is 1. The number of carbonyl (C=O) groups is 2. The van der Waals surface area contributed by atoms with Crippen LogP contribution in [0.1, 0.15) is 73.4 Å². The number of nitrogens with zero attached hydrogens (tertiary/aromatic N) is 1. The molecule has 0 radical (unpaired) electrons. The second-order valence-corrected chi connectivity index (χ2v) is 12.3. The van der Waals surface area contributed by atoms with Gasteiger partial charge in [0, 0.05) is 18.7 Å². The Balaban J connectivity index is 0.00000323. The summed E-state index contributed by atoms with van der Waals surface area (Å²) < 4.78 is 0. The summed E-state index contributed by atoms with van der Waals surface area (Å²) in [6, 6.07) is 23.8. The minimum Gasteiger partial charge on any atom is -1.00 e. The van der Waals surface area contributed by atoms with Crippen molar-refractivity contribution in [1.82, 2.24) is 10.2 Å². The second-order valence-electron chi connectivity index (χ2n) is 11.3. The van der Waals surface area contributed by atoms with Gasteiger partial charge in [0.25, 0.3) is 5.91 Å². The molecule has 42 heavy (non-hydrogen) atoms. The van der Waals surface area contributed by atoms with Crippen molar-refractivity contribution in [2.75, 3.05) is 18.6 Å². The van der Waals surface area contributed by atoms with E-state index in [1.165, 1.54) is 44.1 Å². The second kappa shape index (κ2) is 17.6. The molecule has 0 saturated heterocycles. The quantitative estimate of drug-likeness (QED) is 0.271. The maximum atomic E-state index is 13.5. The fourth-order valence-corrected chi connectivity index (χ4v) is 6.34. The summed E-state index contributed by atoms with van der Waals surface area (Å²) in [5.41, 5.74) is 5.88. The minimum atomic E-state index is -1.00. The number of carboxylic acids is 1. The van der Waals surface area contributed by atoms with E-state index in [1.54, 1.807) is 11.8 Å². The summed E-state index contributed by atoms with van der Waals surface area (Å²) in [5, 5.41) is 12.5. The Hall–Kier alpha value is -2.49. The van der Waals surface area contributed by atoms with E-state index in [-0.39, 0.29) is 26.2 Å². The average molecular weight is 581 g/mol. The van der Waals surface area contributed by atoms with Crippen LogP contribution in [0.25, 0.3) is 11.1 Å². The van der Waals surface area contributed by atoms with Crippen molar-refractivity contribution in [1.29, 1.82) is 0 Å². The van der Waals surface area contributed by atoms with Gasteiger partial charge < -0.3 is 11.8 Å². The number of rotatable bonds is 14. The van der Waals surface area contributed by atoms with E-state index in [0.717, 1.165) is 47.8 Å². The fourth-order valence-electron chi connectivity index (χ4n) is 5.87. The van der Waals surface area contributed by atoms with Gasteiger partial charge in [-0.3, -0.25) is 9.69 Å². The van der Waals surface area contributed by atoms with Gasteiger partial charge in [0.15, 0.2) is 0 Å². The van der Waals surface area contributed by atoms with Crippen LogP contribution in [-0.4, -0.2) is 46.5 Å². The monoisotopic (exact) mass is 580 g/mol. The van der Waals surface area contributed by atoms with Crippen LogP contribution in [0.15, 0.2) is 72.8 Å². The zero-order valence-corrected chi connectivity index (χ0v) is 26.3. The molecule has 1 amide bonds. The van der Waals surface area contributed by atoms with Crippen LogP contribution in [0.2, 0.25) is 0 Å². The largest absolute Gasteiger partial charge is 1.00 e. The number of aliphatic carboxylic acids is 1. The van der Waals surface area contributed by atoms with Crippen molar-refractivity contribution >= 4 is 23.6 Å². The normalized spacial score (nSPS) is 14.3. The van der Waals surface area contributed by atoms with Crippen LogP contribution < -0.4 is 24.2 Å². The van der Waals surface area contributed by atoms with Crippen LogP contribution in [0, 0.1) is 12.8 Å². The van der Waals surface area contributed by atoms with Gasteiger partial charge in [0.1, 0.15) is 6.04 Å². The Morgan fingerprint density at radius 3 is 2.33 bits per heavy atom. The number of aryl methyl sites for hydroxylation is 1. The van der Waals surface area contributed by atoms with Gasteiger partial charge in [0.05, 0.1) is 0 Å². The molecule has 220 valence electrons. The first-order valence-corrected chi connectivity index (χ1v) is 16.3. The van der Waals surface area contributed by atoms with Crippen LogP contribution in [0.4, 0.5) is 0 Å². The zero-order valence-electron chi connectivity index (χ0n) is 26.5. The number of amides is 1. The third-order valence-electron chi connectivity index (χ3n) is 8.21. The molecular formula is C35H45LiN2O3S. The molecule has 5 nitrogen and oxygen atoms in total. The van der Waals surface area contributed by atoms with Gasteiger partial charge >= 0.3 is 24.8 Å². The first kappa shape index (κ1) is 34.0. The predicted molar refractivity (Wildman–Crippen MR) is 171 cm³/mol. The van der Waals surface area contributed by atoms with Gasteiger partial charge in [-0.05, 0) is 84.2 Å². The Kier molecular flexibility index (Phi) is 14.2. The minimum absolute atomic E-state index is 0. The average Bonchev–Trinajstić information content (AvgIpc) is 2.99. The van der Waals surface area contributed by atoms with Crippen LogP contribution >= 0.6 is 11.8 Å². The van der Waals surface area contributed by atoms with Crippen molar-refractivity contribution in [2.45, 2.75) is 71.0 Å². The summed E-state index contributed by atoms with van der Waals surface area (Å²) >= 11 is 1.57. The van der Waals surface area contributed by atoms with Crippen molar-refractivity contribution in [3.8, 4) is 11.1 Å². The summed E-state index contributed by atoms with van der Waals surface area (Å²) in [5.74, 6) is 0.125. The van der Waals surface area contributed by atoms with E-state index in [4.69, 9.17) is 0 Å². The van der Waals surface area contributed by atoms with Crippen molar-refractivity contribution in [2.24, 2.45) is 5.92 Å². The van der Waals surface area contributed by atoms with E-state index in [0.29, 0.717) is 17.7 Å². The maximum absolute atomic E-state index is 13.5. The predicted octanol–water partition coefficient (Wildman–Crippen LogP) is 4.69. The summed E-state index contributed by atoms with van der Waals surface area (Å²) in [4.78, 5) is 27.9. The molecule has 0 bridgehead atoms. The number of thioether (sulfide) groups is 1.